The van der Waals surface area contributed by atoms with Crippen LogP contribution >= 0.6 is 0 Å². The Bertz CT molecular complexity index is 1310. The number of fused-ring (bicyclic) bond motifs is 1. The van der Waals surface area contributed by atoms with E-state index in [2.05, 4.69) is 5.32 Å². The molecule has 0 saturated heterocycles. The third-order valence-electron chi connectivity index (χ3n) is 5.35. The minimum absolute atomic E-state index is 0.194. The van der Waals surface area contributed by atoms with Crippen molar-refractivity contribution in [2.24, 2.45) is 0 Å². The molecule has 0 radical (unpaired) electrons. The van der Waals surface area contributed by atoms with Crippen LogP contribution in [0.3, 0.4) is 0 Å². The molecule has 4 rings (SSSR count). The van der Waals surface area contributed by atoms with E-state index in [1.807, 2.05) is 79.7 Å². The van der Waals surface area contributed by atoms with Crippen LogP contribution in [-0.4, -0.2) is 20.2 Å². The fraction of sp³-hybridized carbons (Fsp3) is 0.115. The van der Waals surface area contributed by atoms with Gasteiger partial charge >= 0.3 is 0 Å². The molecule has 0 bridgehead atoms. The molecule has 31 heavy (non-hydrogen) atoms. The Kier molecular flexibility index (Phi) is 5.87. The molecule has 4 aromatic carbocycles. The lowest BCUT2D eigenvalue weighted by Gasteiger charge is -2.20. The number of aryl methyl sites for hydroxylation is 1. The summed E-state index contributed by atoms with van der Waals surface area (Å²) in [7, 11) is -3.64. The molecule has 0 aliphatic rings. The van der Waals surface area contributed by atoms with Gasteiger partial charge in [-0.3, -0.25) is 4.79 Å². The van der Waals surface area contributed by atoms with Crippen LogP contribution < -0.4 is 5.32 Å². The van der Waals surface area contributed by atoms with Gasteiger partial charge in [0.2, 0.25) is 5.91 Å². The number of carbonyl (C=O) groups is 1. The van der Waals surface area contributed by atoms with Crippen molar-refractivity contribution in [1.82, 2.24) is 5.32 Å². The van der Waals surface area contributed by atoms with Gasteiger partial charge in [0.15, 0.2) is 9.84 Å². The first-order valence-electron chi connectivity index (χ1n) is 10.1. The highest BCUT2D eigenvalue weighted by molar-refractivity contribution is 7.91. The molecule has 0 heterocycles. The maximum absolute atomic E-state index is 13.3. The molecule has 0 saturated carbocycles. The van der Waals surface area contributed by atoms with Crippen LogP contribution in [-0.2, 0) is 14.6 Å². The highest BCUT2D eigenvalue weighted by Crippen LogP contribution is 2.31. The summed E-state index contributed by atoms with van der Waals surface area (Å²) in [6.45, 7) is 1.90. The summed E-state index contributed by atoms with van der Waals surface area (Å²) in [5.74, 6) is -1.43. The topological polar surface area (TPSA) is 63.2 Å². The van der Waals surface area contributed by atoms with Crippen LogP contribution in [0.4, 0.5) is 0 Å². The normalized spacial score (nSPS) is 12.4. The predicted molar refractivity (Wildman–Crippen MR) is 124 cm³/mol. The van der Waals surface area contributed by atoms with Crippen molar-refractivity contribution in [2.75, 3.05) is 5.88 Å². The number of hydrogen-bond donors (Lipinski definition) is 1. The monoisotopic (exact) mass is 429 g/mol. The Morgan fingerprint density at radius 1 is 0.806 bits per heavy atom. The summed E-state index contributed by atoms with van der Waals surface area (Å²) in [4.78, 5) is 13.5. The van der Waals surface area contributed by atoms with Crippen molar-refractivity contribution < 1.29 is 13.2 Å². The molecule has 1 amide bonds. The second-order valence-electron chi connectivity index (χ2n) is 7.53. The van der Waals surface area contributed by atoms with Crippen molar-refractivity contribution in [3.63, 3.8) is 0 Å². The molecule has 0 aromatic heterocycles. The lowest BCUT2D eigenvalue weighted by atomic mass is 9.87. The van der Waals surface area contributed by atoms with Gasteiger partial charge in [0.25, 0.3) is 0 Å². The number of hydrogen-bond acceptors (Lipinski definition) is 3. The molecule has 156 valence electrons. The maximum atomic E-state index is 13.3. The Morgan fingerprint density at radius 3 is 2.19 bits per heavy atom. The summed E-state index contributed by atoms with van der Waals surface area (Å²) in [6, 6.07) is 29.8. The molecule has 4 nitrogen and oxygen atoms in total. The zero-order chi connectivity index (χ0) is 21.8. The standard InChI is InChI=1S/C26H23NO3S/c1-19-14-16-22(17-15-19)31(29,30)18-27-26(28)25(21-9-3-2-4-10-21)24-13-7-11-20-8-5-6-12-23(20)24/h2-17,25H,18H2,1H3,(H,27,28). The molecule has 1 unspecified atom stereocenters. The fourth-order valence-corrected chi connectivity index (χ4v) is 4.77. The molecule has 1 N–H and O–H groups in total. The third kappa shape index (κ3) is 4.52. The second-order valence-corrected chi connectivity index (χ2v) is 9.51. The van der Waals surface area contributed by atoms with Crippen LogP contribution in [0.2, 0.25) is 0 Å². The number of benzene rings is 4. The van der Waals surface area contributed by atoms with Crippen molar-refractivity contribution in [1.29, 1.82) is 0 Å². The van der Waals surface area contributed by atoms with Crippen LogP contribution in [0.5, 0.6) is 0 Å². The number of amides is 1. The maximum Gasteiger partial charge on any atom is 0.232 e. The van der Waals surface area contributed by atoms with E-state index in [1.54, 1.807) is 24.3 Å². The van der Waals surface area contributed by atoms with Crippen LogP contribution in [0.15, 0.2) is 102 Å². The molecule has 0 fully saturated rings. The van der Waals surface area contributed by atoms with E-state index in [0.29, 0.717) is 0 Å². The minimum Gasteiger partial charge on any atom is -0.341 e. The summed E-state index contributed by atoms with van der Waals surface area (Å²) in [6.07, 6.45) is 0. The van der Waals surface area contributed by atoms with Gasteiger partial charge in [0.1, 0.15) is 5.88 Å². The summed E-state index contributed by atoms with van der Waals surface area (Å²) < 4.78 is 25.5. The SMILES string of the molecule is Cc1ccc(S(=O)(=O)CNC(=O)C(c2ccccc2)c2cccc3ccccc23)cc1. The average Bonchev–Trinajstić information content (AvgIpc) is 2.79. The van der Waals surface area contributed by atoms with Crippen molar-refractivity contribution in [2.45, 2.75) is 17.7 Å². The van der Waals surface area contributed by atoms with Crippen LogP contribution in [0.1, 0.15) is 22.6 Å². The molecular formula is C26H23NO3S. The van der Waals surface area contributed by atoms with Crippen LogP contribution in [0.25, 0.3) is 10.8 Å². The summed E-state index contributed by atoms with van der Waals surface area (Å²) >= 11 is 0. The average molecular weight is 430 g/mol. The van der Waals surface area contributed by atoms with Gasteiger partial charge in [-0.15, -0.1) is 0 Å². The van der Waals surface area contributed by atoms with E-state index in [0.717, 1.165) is 27.5 Å². The Labute approximate surface area is 182 Å². The highest BCUT2D eigenvalue weighted by Gasteiger charge is 2.26. The number of carbonyl (C=O) groups excluding carboxylic acids is 1. The van der Waals surface area contributed by atoms with E-state index in [4.69, 9.17) is 0 Å². The molecule has 0 spiro atoms. The number of rotatable bonds is 6. The number of nitrogens with one attached hydrogen (secondary N) is 1. The highest BCUT2D eigenvalue weighted by atomic mass is 32.2. The minimum atomic E-state index is -3.64. The van der Waals surface area contributed by atoms with Gasteiger partial charge in [-0.1, -0.05) is 90.5 Å². The second kappa shape index (κ2) is 8.74. The van der Waals surface area contributed by atoms with Gasteiger partial charge in [0.05, 0.1) is 10.8 Å². The summed E-state index contributed by atoms with van der Waals surface area (Å²) in [5.41, 5.74) is 2.63. The molecule has 1 atom stereocenters. The van der Waals surface area contributed by atoms with E-state index in [1.165, 1.54) is 0 Å². The molecule has 0 aliphatic heterocycles. The van der Waals surface area contributed by atoms with Crippen molar-refractivity contribution in [3.8, 4) is 0 Å². The Hall–Kier alpha value is -3.44. The van der Waals surface area contributed by atoms with Crippen molar-refractivity contribution >= 4 is 26.5 Å². The fourth-order valence-electron chi connectivity index (χ4n) is 3.72. The zero-order valence-electron chi connectivity index (χ0n) is 17.2. The lowest BCUT2D eigenvalue weighted by molar-refractivity contribution is -0.121. The van der Waals surface area contributed by atoms with Crippen molar-refractivity contribution in [3.05, 3.63) is 114 Å². The number of sulfone groups is 1. The smallest absolute Gasteiger partial charge is 0.232 e. The Morgan fingerprint density at radius 2 is 1.45 bits per heavy atom. The first-order chi connectivity index (χ1) is 15.0. The predicted octanol–water partition coefficient (Wildman–Crippen LogP) is 4.83. The first kappa shape index (κ1) is 20.8. The van der Waals surface area contributed by atoms with Gasteiger partial charge in [-0.05, 0) is 41.0 Å². The molecule has 5 heteroatoms. The molecular weight excluding hydrogens is 406 g/mol. The first-order valence-corrected chi connectivity index (χ1v) is 11.7. The quantitative estimate of drug-likeness (QED) is 0.478. The summed E-state index contributed by atoms with van der Waals surface area (Å²) in [5, 5.41) is 4.67. The lowest BCUT2D eigenvalue weighted by Crippen LogP contribution is -2.34. The van der Waals surface area contributed by atoms with E-state index < -0.39 is 21.6 Å². The van der Waals surface area contributed by atoms with E-state index in [-0.39, 0.29) is 10.8 Å². The van der Waals surface area contributed by atoms with Gasteiger partial charge in [0, 0.05) is 0 Å². The van der Waals surface area contributed by atoms with E-state index >= 15 is 0 Å². The van der Waals surface area contributed by atoms with Gasteiger partial charge in [-0.25, -0.2) is 8.42 Å². The zero-order valence-corrected chi connectivity index (χ0v) is 18.0. The Balaban J connectivity index is 1.68. The van der Waals surface area contributed by atoms with Crippen LogP contribution in [0, 0.1) is 6.92 Å². The van der Waals surface area contributed by atoms with Gasteiger partial charge in [-0.2, -0.15) is 0 Å². The molecule has 4 aromatic rings. The molecule has 0 aliphatic carbocycles. The largest absolute Gasteiger partial charge is 0.341 e. The van der Waals surface area contributed by atoms with Gasteiger partial charge < -0.3 is 5.32 Å². The third-order valence-corrected chi connectivity index (χ3v) is 6.86. The van der Waals surface area contributed by atoms with E-state index in [9.17, 15) is 13.2 Å².